The maximum absolute atomic E-state index is 11.8. The molecule has 18 heavy (non-hydrogen) atoms. The van der Waals surface area contributed by atoms with Crippen molar-refractivity contribution in [1.29, 1.82) is 0 Å². The van der Waals surface area contributed by atoms with Crippen LogP contribution in [-0.2, 0) is 9.59 Å². The van der Waals surface area contributed by atoms with Gasteiger partial charge in [0, 0.05) is 6.42 Å². The number of nitrogens with one attached hydrogen (secondary N) is 1. The van der Waals surface area contributed by atoms with Crippen LogP contribution in [0.5, 0.6) is 0 Å². The van der Waals surface area contributed by atoms with Crippen molar-refractivity contribution in [3.05, 3.63) is 0 Å². The fourth-order valence-corrected chi connectivity index (χ4v) is 3.36. The van der Waals surface area contributed by atoms with E-state index < -0.39 is 12.0 Å². The van der Waals surface area contributed by atoms with Crippen LogP contribution in [0.3, 0.4) is 0 Å². The Labute approximate surface area is 113 Å². The molecule has 1 aliphatic rings. The number of carbonyl (C=O) groups is 2. The summed E-state index contributed by atoms with van der Waals surface area (Å²) in [6, 6.07) is -0.740. The average Bonchev–Trinajstić information content (AvgIpc) is 2.28. The van der Waals surface area contributed by atoms with Gasteiger partial charge in [-0.15, -0.1) is 0 Å². The van der Waals surface area contributed by atoms with Crippen molar-refractivity contribution in [1.82, 2.24) is 5.32 Å². The zero-order valence-corrected chi connectivity index (χ0v) is 12.0. The Hall–Kier alpha value is -0.710. The zero-order chi connectivity index (χ0) is 13.5. The van der Waals surface area contributed by atoms with E-state index in [1.807, 2.05) is 25.6 Å². The van der Waals surface area contributed by atoms with E-state index in [-0.39, 0.29) is 11.8 Å². The second kappa shape index (κ2) is 7.67. The SMILES string of the molecule is CC(C)C[C@H](NC(=O)CC1CCSCC1)C(=O)O. The molecule has 0 spiro atoms. The summed E-state index contributed by atoms with van der Waals surface area (Å²) in [5.41, 5.74) is 0. The van der Waals surface area contributed by atoms with Crippen molar-refractivity contribution in [2.75, 3.05) is 11.5 Å². The predicted molar refractivity (Wildman–Crippen MR) is 73.7 cm³/mol. The second-order valence-corrected chi connectivity index (χ2v) is 6.57. The highest BCUT2D eigenvalue weighted by Gasteiger charge is 2.23. The van der Waals surface area contributed by atoms with E-state index in [0.717, 1.165) is 24.3 Å². The maximum atomic E-state index is 11.8. The molecule has 5 heteroatoms. The molecule has 104 valence electrons. The molecule has 0 radical (unpaired) electrons. The molecule has 1 saturated heterocycles. The molecule has 1 rings (SSSR count). The predicted octanol–water partition coefficient (Wildman–Crippen LogP) is 2.14. The van der Waals surface area contributed by atoms with Gasteiger partial charge < -0.3 is 10.4 Å². The Kier molecular flexibility index (Phi) is 6.54. The van der Waals surface area contributed by atoms with Crippen molar-refractivity contribution >= 4 is 23.6 Å². The van der Waals surface area contributed by atoms with E-state index >= 15 is 0 Å². The van der Waals surface area contributed by atoms with E-state index in [1.54, 1.807) is 0 Å². The van der Waals surface area contributed by atoms with E-state index in [1.165, 1.54) is 0 Å². The Morgan fingerprint density at radius 1 is 1.33 bits per heavy atom. The highest BCUT2D eigenvalue weighted by Crippen LogP contribution is 2.25. The molecule has 1 heterocycles. The van der Waals surface area contributed by atoms with Crippen molar-refractivity contribution < 1.29 is 14.7 Å². The molecule has 0 unspecified atom stereocenters. The Bertz CT molecular complexity index is 288. The minimum atomic E-state index is -0.934. The van der Waals surface area contributed by atoms with Crippen molar-refractivity contribution in [2.45, 2.75) is 45.6 Å². The lowest BCUT2D eigenvalue weighted by molar-refractivity contribution is -0.142. The summed E-state index contributed by atoms with van der Waals surface area (Å²) in [7, 11) is 0. The second-order valence-electron chi connectivity index (χ2n) is 5.35. The molecule has 0 aromatic rings. The number of carboxylic acids is 1. The summed E-state index contributed by atoms with van der Waals surface area (Å²) in [4.78, 5) is 22.9. The number of aliphatic carboxylic acids is 1. The van der Waals surface area contributed by atoms with E-state index in [4.69, 9.17) is 5.11 Å². The Morgan fingerprint density at radius 2 is 1.94 bits per heavy atom. The van der Waals surface area contributed by atoms with Crippen LogP contribution in [0.15, 0.2) is 0 Å². The molecule has 2 N–H and O–H groups in total. The molecule has 1 amide bonds. The third-order valence-electron chi connectivity index (χ3n) is 3.16. The van der Waals surface area contributed by atoms with Gasteiger partial charge in [-0.2, -0.15) is 11.8 Å². The van der Waals surface area contributed by atoms with Crippen LogP contribution in [0, 0.1) is 11.8 Å². The molecular formula is C13H23NO3S. The molecule has 0 bridgehead atoms. The van der Waals surface area contributed by atoms with Crippen molar-refractivity contribution in [2.24, 2.45) is 11.8 Å². The quantitative estimate of drug-likeness (QED) is 0.778. The summed E-state index contributed by atoms with van der Waals surface area (Å²) in [5.74, 6) is 1.88. The number of amides is 1. The van der Waals surface area contributed by atoms with Crippen LogP contribution in [0.1, 0.15) is 39.5 Å². The molecule has 1 aliphatic heterocycles. The van der Waals surface area contributed by atoms with Gasteiger partial charge in [0.2, 0.25) is 5.91 Å². The number of carboxylic acid groups (broad SMARTS) is 1. The summed E-state index contributed by atoms with van der Waals surface area (Å²) < 4.78 is 0. The third kappa shape index (κ3) is 5.76. The monoisotopic (exact) mass is 273 g/mol. The van der Waals surface area contributed by atoms with Gasteiger partial charge in [-0.1, -0.05) is 13.8 Å². The lowest BCUT2D eigenvalue weighted by atomic mass is 9.97. The zero-order valence-electron chi connectivity index (χ0n) is 11.1. The normalized spacial score (nSPS) is 18.6. The number of carbonyl (C=O) groups excluding carboxylic acids is 1. The largest absolute Gasteiger partial charge is 0.480 e. The summed E-state index contributed by atoms with van der Waals surface area (Å²) >= 11 is 1.93. The number of rotatable bonds is 6. The van der Waals surface area contributed by atoms with Crippen LogP contribution in [0.25, 0.3) is 0 Å². The molecule has 4 nitrogen and oxygen atoms in total. The topological polar surface area (TPSA) is 66.4 Å². The van der Waals surface area contributed by atoms with Crippen LogP contribution in [0.2, 0.25) is 0 Å². The Balaban J connectivity index is 2.37. The molecule has 0 aromatic carbocycles. The van der Waals surface area contributed by atoms with Gasteiger partial charge >= 0.3 is 5.97 Å². The number of hydrogen-bond acceptors (Lipinski definition) is 3. The molecule has 1 fully saturated rings. The maximum Gasteiger partial charge on any atom is 0.326 e. The summed E-state index contributed by atoms with van der Waals surface area (Å²) in [5, 5.41) is 11.7. The molecule has 0 saturated carbocycles. The van der Waals surface area contributed by atoms with E-state index in [0.29, 0.717) is 18.8 Å². The van der Waals surface area contributed by atoms with Gasteiger partial charge in [-0.25, -0.2) is 4.79 Å². The average molecular weight is 273 g/mol. The fraction of sp³-hybridized carbons (Fsp3) is 0.846. The first-order valence-electron chi connectivity index (χ1n) is 6.59. The van der Waals surface area contributed by atoms with E-state index in [9.17, 15) is 9.59 Å². The molecule has 0 aromatic heterocycles. The smallest absolute Gasteiger partial charge is 0.326 e. The lowest BCUT2D eigenvalue weighted by Crippen LogP contribution is -2.42. The lowest BCUT2D eigenvalue weighted by Gasteiger charge is -2.22. The van der Waals surface area contributed by atoms with Crippen LogP contribution in [0.4, 0.5) is 0 Å². The van der Waals surface area contributed by atoms with E-state index in [2.05, 4.69) is 5.32 Å². The minimum absolute atomic E-state index is 0.111. The van der Waals surface area contributed by atoms with Crippen molar-refractivity contribution in [3.63, 3.8) is 0 Å². The highest BCUT2D eigenvalue weighted by molar-refractivity contribution is 7.99. The summed E-state index contributed by atoms with van der Waals surface area (Å²) in [6.45, 7) is 3.92. The van der Waals surface area contributed by atoms with Crippen LogP contribution < -0.4 is 5.32 Å². The molecule has 0 aliphatic carbocycles. The first-order chi connectivity index (χ1) is 8.49. The number of hydrogen-bond donors (Lipinski definition) is 2. The molecule has 1 atom stereocenters. The summed E-state index contributed by atoms with van der Waals surface area (Å²) in [6.07, 6.45) is 3.10. The molecular weight excluding hydrogens is 250 g/mol. The van der Waals surface area contributed by atoms with Gasteiger partial charge in [0.05, 0.1) is 0 Å². The van der Waals surface area contributed by atoms with Gasteiger partial charge in [0.15, 0.2) is 0 Å². The van der Waals surface area contributed by atoms with Crippen molar-refractivity contribution in [3.8, 4) is 0 Å². The fourth-order valence-electron chi connectivity index (χ4n) is 2.16. The standard InChI is InChI=1S/C13H23NO3S/c1-9(2)7-11(13(16)17)14-12(15)8-10-3-5-18-6-4-10/h9-11H,3-8H2,1-2H3,(H,14,15)(H,16,17)/t11-/m0/s1. The minimum Gasteiger partial charge on any atom is -0.480 e. The van der Waals surface area contributed by atoms with Gasteiger partial charge in [-0.3, -0.25) is 4.79 Å². The van der Waals surface area contributed by atoms with Gasteiger partial charge in [0.1, 0.15) is 6.04 Å². The van der Waals surface area contributed by atoms with Crippen LogP contribution >= 0.6 is 11.8 Å². The first kappa shape index (κ1) is 15.3. The van der Waals surface area contributed by atoms with Gasteiger partial charge in [0.25, 0.3) is 0 Å². The first-order valence-corrected chi connectivity index (χ1v) is 7.74. The highest BCUT2D eigenvalue weighted by atomic mass is 32.2. The van der Waals surface area contributed by atoms with Crippen LogP contribution in [-0.4, -0.2) is 34.5 Å². The third-order valence-corrected chi connectivity index (χ3v) is 4.20. The van der Waals surface area contributed by atoms with Gasteiger partial charge in [-0.05, 0) is 42.6 Å². The number of thioether (sulfide) groups is 1. The Morgan fingerprint density at radius 3 is 2.44 bits per heavy atom.